The van der Waals surface area contributed by atoms with Crippen LogP contribution >= 0.6 is 0 Å². The van der Waals surface area contributed by atoms with Crippen molar-refractivity contribution < 1.29 is 13.2 Å². The monoisotopic (exact) mass is 374 g/mol. The van der Waals surface area contributed by atoms with Gasteiger partial charge >= 0.3 is 0 Å². The van der Waals surface area contributed by atoms with Gasteiger partial charge in [0, 0.05) is 6.54 Å². The van der Waals surface area contributed by atoms with Gasteiger partial charge in [-0.05, 0) is 37.0 Å². The molecule has 0 aliphatic rings. The first-order chi connectivity index (χ1) is 12.3. The van der Waals surface area contributed by atoms with Gasteiger partial charge in [0.1, 0.15) is 6.04 Å². The molecule has 6 heteroatoms. The zero-order valence-corrected chi connectivity index (χ0v) is 16.2. The van der Waals surface area contributed by atoms with Gasteiger partial charge in [-0.3, -0.25) is 4.79 Å². The summed E-state index contributed by atoms with van der Waals surface area (Å²) in [4.78, 5) is 12.7. The van der Waals surface area contributed by atoms with Gasteiger partial charge in [-0.2, -0.15) is 4.72 Å². The summed E-state index contributed by atoms with van der Waals surface area (Å²) in [5.41, 5.74) is 2.09. The molecule has 1 atom stereocenters. The molecule has 0 radical (unpaired) electrons. The highest BCUT2D eigenvalue weighted by atomic mass is 32.2. The van der Waals surface area contributed by atoms with Crippen LogP contribution in [0.1, 0.15) is 25.0 Å². The fraction of sp³-hybridized carbons (Fsp3) is 0.350. The van der Waals surface area contributed by atoms with Crippen molar-refractivity contribution >= 4 is 15.9 Å². The molecule has 0 aliphatic carbocycles. The Morgan fingerprint density at radius 1 is 1.00 bits per heavy atom. The highest BCUT2D eigenvalue weighted by Gasteiger charge is 2.28. The SMILES string of the molecule is Cc1ccc(S(=O)(=O)N[C@H](C(=O)NCCc2ccccc2)C(C)C)cc1. The van der Waals surface area contributed by atoms with Crippen molar-refractivity contribution in [1.82, 2.24) is 10.0 Å². The van der Waals surface area contributed by atoms with Crippen LogP contribution in [-0.2, 0) is 21.2 Å². The minimum absolute atomic E-state index is 0.158. The fourth-order valence-electron chi connectivity index (χ4n) is 2.53. The lowest BCUT2D eigenvalue weighted by Gasteiger charge is -2.21. The predicted octanol–water partition coefficient (Wildman–Crippen LogP) is 2.66. The van der Waals surface area contributed by atoms with Gasteiger partial charge in [-0.1, -0.05) is 61.9 Å². The van der Waals surface area contributed by atoms with E-state index in [1.807, 2.05) is 51.1 Å². The second kappa shape index (κ2) is 8.96. The Morgan fingerprint density at radius 3 is 2.19 bits per heavy atom. The summed E-state index contributed by atoms with van der Waals surface area (Å²) >= 11 is 0. The molecule has 0 spiro atoms. The molecule has 0 heterocycles. The molecule has 0 fully saturated rings. The van der Waals surface area contributed by atoms with E-state index in [0.717, 1.165) is 11.1 Å². The van der Waals surface area contributed by atoms with Gasteiger partial charge < -0.3 is 5.32 Å². The average Bonchev–Trinajstić information content (AvgIpc) is 2.60. The van der Waals surface area contributed by atoms with Gasteiger partial charge in [-0.15, -0.1) is 0 Å². The van der Waals surface area contributed by atoms with Crippen LogP contribution in [0.3, 0.4) is 0 Å². The van der Waals surface area contributed by atoms with E-state index >= 15 is 0 Å². The normalized spacial score (nSPS) is 12.8. The van der Waals surface area contributed by atoms with Crippen molar-refractivity contribution in [1.29, 1.82) is 0 Å². The first kappa shape index (κ1) is 20.1. The minimum atomic E-state index is -3.75. The number of rotatable bonds is 8. The minimum Gasteiger partial charge on any atom is -0.354 e. The third-order valence-corrected chi connectivity index (χ3v) is 5.58. The highest BCUT2D eigenvalue weighted by Crippen LogP contribution is 2.13. The van der Waals surface area contributed by atoms with Crippen LogP contribution in [0.2, 0.25) is 0 Å². The maximum atomic E-state index is 12.6. The van der Waals surface area contributed by atoms with Crippen molar-refractivity contribution in [2.75, 3.05) is 6.54 Å². The van der Waals surface area contributed by atoms with E-state index in [2.05, 4.69) is 10.0 Å². The molecule has 26 heavy (non-hydrogen) atoms. The molecule has 0 aromatic heterocycles. The standard InChI is InChI=1S/C20H26N2O3S/c1-15(2)19(20(23)21-14-13-17-7-5-4-6-8-17)22-26(24,25)18-11-9-16(3)10-12-18/h4-12,15,19,22H,13-14H2,1-3H3,(H,21,23)/t19-/m0/s1. The quantitative estimate of drug-likeness (QED) is 0.746. The fourth-order valence-corrected chi connectivity index (χ4v) is 3.87. The molecule has 2 N–H and O–H groups in total. The number of sulfonamides is 1. The van der Waals surface area contributed by atoms with Crippen LogP contribution in [0.15, 0.2) is 59.5 Å². The molecule has 2 aromatic carbocycles. The van der Waals surface area contributed by atoms with Crippen molar-refractivity contribution in [3.05, 3.63) is 65.7 Å². The van der Waals surface area contributed by atoms with Gasteiger partial charge in [0.2, 0.25) is 15.9 Å². The topological polar surface area (TPSA) is 75.3 Å². The zero-order chi connectivity index (χ0) is 19.2. The van der Waals surface area contributed by atoms with Crippen LogP contribution in [0.4, 0.5) is 0 Å². The molecule has 2 aromatic rings. The first-order valence-electron chi connectivity index (χ1n) is 8.70. The molecular weight excluding hydrogens is 348 g/mol. The Kier molecular flexibility index (Phi) is 6.94. The highest BCUT2D eigenvalue weighted by molar-refractivity contribution is 7.89. The number of hydrogen-bond acceptors (Lipinski definition) is 3. The van der Waals surface area contributed by atoms with E-state index in [-0.39, 0.29) is 16.7 Å². The Morgan fingerprint density at radius 2 is 1.62 bits per heavy atom. The third kappa shape index (κ3) is 5.68. The van der Waals surface area contributed by atoms with E-state index in [1.54, 1.807) is 24.3 Å². The summed E-state index contributed by atoms with van der Waals surface area (Å²) in [6.07, 6.45) is 0.697. The van der Waals surface area contributed by atoms with Crippen LogP contribution in [0.25, 0.3) is 0 Å². The predicted molar refractivity (Wildman–Crippen MR) is 103 cm³/mol. The Hall–Kier alpha value is -2.18. The molecule has 2 rings (SSSR count). The molecule has 0 saturated heterocycles. The Bertz CT molecular complexity index is 816. The number of carbonyl (C=O) groups excluding carboxylic acids is 1. The van der Waals surface area contributed by atoms with Crippen molar-refractivity contribution in [2.45, 2.75) is 38.1 Å². The zero-order valence-electron chi connectivity index (χ0n) is 15.4. The molecule has 1 amide bonds. The number of hydrogen-bond donors (Lipinski definition) is 2. The summed E-state index contributed by atoms with van der Waals surface area (Å²) < 4.78 is 27.7. The summed E-state index contributed by atoms with van der Waals surface area (Å²) in [5, 5.41) is 2.83. The van der Waals surface area contributed by atoms with Gasteiger partial charge in [0.05, 0.1) is 4.90 Å². The summed E-state index contributed by atoms with van der Waals surface area (Å²) in [7, 11) is -3.75. The van der Waals surface area contributed by atoms with Gasteiger partial charge in [0.15, 0.2) is 0 Å². The summed E-state index contributed by atoms with van der Waals surface area (Å²) in [6.45, 7) is 5.98. The van der Waals surface area contributed by atoms with Crippen LogP contribution in [0.5, 0.6) is 0 Å². The number of nitrogens with one attached hydrogen (secondary N) is 2. The molecule has 0 bridgehead atoms. The second-order valence-electron chi connectivity index (χ2n) is 6.68. The lowest BCUT2D eigenvalue weighted by atomic mass is 10.0. The average molecular weight is 375 g/mol. The molecule has 0 unspecified atom stereocenters. The Labute approximate surface area is 155 Å². The number of carbonyl (C=O) groups is 1. The molecule has 140 valence electrons. The van der Waals surface area contributed by atoms with Crippen LogP contribution < -0.4 is 10.0 Å². The number of amides is 1. The largest absolute Gasteiger partial charge is 0.354 e. The summed E-state index contributed by atoms with van der Waals surface area (Å²) in [6, 6.07) is 15.6. The van der Waals surface area contributed by atoms with Crippen LogP contribution in [-0.4, -0.2) is 26.9 Å². The van der Waals surface area contributed by atoms with E-state index < -0.39 is 16.1 Å². The van der Waals surface area contributed by atoms with Gasteiger partial charge in [-0.25, -0.2) is 8.42 Å². The summed E-state index contributed by atoms with van der Waals surface area (Å²) in [5.74, 6) is -0.487. The van der Waals surface area contributed by atoms with E-state index in [0.29, 0.717) is 13.0 Å². The Balaban J connectivity index is 2.00. The van der Waals surface area contributed by atoms with Crippen molar-refractivity contribution in [3.8, 4) is 0 Å². The molecule has 0 aliphatic heterocycles. The number of aryl methyl sites for hydroxylation is 1. The van der Waals surface area contributed by atoms with E-state index in [1.165, 1.54) is 0 Å². The smallest absolute Gasteiger partial charge is 0.241 e. The third-order valence-electron chi connectivity index (χ3n) is 4.12. The first-order valence-corrected chi connectivity index (χ1v) is 10.2. The maximum absolute atomic E-state index is 12.6. The lowest BCUT2D eigenvalue weighted by molar-refractivity contribution is -0.123. The van der Waals surface area contributed by atoms with Crippen LogP contribution in [0, 0.1) is 12.8 Å². The lowest BCUT2D eigenvalue weighted by Crippen LogP contribution is -2.49. The van der Waals surface area contributed by atoms with Gasteiger partial charge in [0.25, 0.3) is 0 Å². The van der Waals surface area contributed by atoms with E-state index in [4.69, 9.17) is 0 Å². The molecule has 0 saturated carbocycles. The molecular formula is C20H26N2O3S. The number of benzene rings is 2. The van der Waals surface area contributed by atoms with Crippen molar-refractivity contribution in [3.63, 3.8) is 0 Å². The maximum Gasteiger partial charge on any atom is 0.241 e. The van der Waals surface area contributed by atoms with Crippen molar-refractivity contribution in [2.24, 2.45) is 5.92 Å². The molecule has 5 nitrogen and oxygen atoms in total. The van der Waals surface area contributed by atoms with E-state index in [9.17, 15) is 13.2 Å². The second-order valence-corrected chi connectivity index (χ2v) is 8.40.